The van der Waals surface area contributed by atoms with E-state index in [1.165, 1.54) is 32.6 Å². The fourth-order valence-electron chi connectivity index (χ4n) is 9.11. The first-order valence-electron chi connectivity index (χ1n) is 20.3. The van der Waals surface area contributed by atoms with Gasteiger partial charge in [-0.15, -0.1) is 0 Å². The maximum atomic E-state index is 5.29. The third-order valence-electron chi connectivity index (χ3n) is 11.8. The van der Waals surface area contributed by atoms with E-state index in [1.807, 2.05) is 18.2 Å². The summed E-state index contributed by atoms with van der Waals surface area (Å²) >= 11 is 0. The smallest absolute Gasteiger partial charge is 0.164 e. The summed E-state index contributed by atoms with van der Waals surface area (Å²) in [5, 5.41) is 7.09. The quantitative estimate of drug-likeness (QED) is 0.169. The molecule has 0 unspecified atom stereocenters. The molecule has 0 aliphatic rings. The average Bonchev–Trinajstić information content (AvgIpc) is 3.85. The van der Waals surface area contributed by atoms with Crippen LogP contribution in [0.4, 0.5) is 0 Å². The van der Waals surface area contributed by atoms with Crippen molar-refractivity contribution in [2.75, 3.05) is 0 Å². The van der Waals surface area contributed by atoms with Gasteiger partial charge in [-0.2, -0.15) is 0 Å². The van der Waals surface area contributed by atoms with Crippen LogP contribution in [0, 0.1) is 0 Å². The molecule has 0 saturated carbocycles. The van der Waals surface area contributed by atoms with Gasteiger partial charge in [-0.25, -0.2) is 15.0 Å². The maximum Gasteiger partial charge on any atom is 0.164 e. The number of para-hydroxylation sites is 4. The SMILES string of the molecule is c1ccc(-c2nc(-c3ccc(-c4cccc5ccccc45)cc3)nc(-c3cccc4c3c3ccccc3n4-c3cccc4c5ccccc5n(-c5ccccc5)c34)n2)cc1. The molecule has 0 aliphatic heterocycles. The molecule has 0 saturated heterocycles. The van der Waals surface area contributed by atoms with E-state index in [2.05, 4.69) is 203 Å². The lowest BCUT2D eigenvalue weighted by Crippen LogP contribution is -2.01. The molecule has 9 aromatic carbocycles. The zero-order chi connectivity index (χ0) is 39.6. The molecule has 0 radical (unpaired) electrons. The molecule has 3 heterocycles. The van der Waals surface area contributed by atoms with Crippen molar-refractivity contribution in [1.29, 1.82) is 0 Å². The first-order valence-corrected chi connectivity index (χ1v) is 20.3. The molecule has 12 aromatic rings. The Balaban J connectivity index is 1.08. The molecule has 0 bridgehead atoms. The zero-order valence-corrected chi connectivity index (χ0v) is 32.4. The lowest BCUT2D eigenvalue weighted by atomic mass is 9.97. The second-order valence-corrected chi connectivity index (χ2v) is 15.2. The Hall–Kier alpha value is -8.15. The van der Waals surface area contributed by atoms with Crippen LogP contribution in [0.3, 0.4) is 0 Å². The van der Waals surface area contributed by atoms with Gasteiger partial charge in [-0.05, 0) is 58.3 Å². The summed E-state index contributed by atoms with van der Waals surface area (Å²) in [6.45, 7) is 0. The number of benzene rings is 9. The van der Waals surface area contributed by atoms with Gasteiger partial charge in [0.15, 0.2) is 17.5 Å². The number of fused-ring (bicyclic) bond motifs is 7. The Bertz CT molecular complexity index is 3580. The van der Waals surface area contributed by atoms with E-state index < -0.39 is 0 Å². The van der Waals surface area contributed by atoms with E-state index in [9.17, 15) is 0 Å². The van der Waals surface area contributed by atoms with E-state index >= 15 is 0 Å². The zero-order valence-electron chi connectivity index (χ0n) is 32.4. The van der Waals surface area contributed by atoms with Crippen molar-refractivity contribution in [3.63, 3.8) is 0 Å². The fourth-order valence-corrected chi connectivity index (χ4v) is 9.11. The minimum Gasteiger partial charge on any atom is -0.307 e. The van der Waals surface area contributed by atoms with Crippen LogP contribution in [-0.2, 0) is 0 Å². The van der Waals surface area contributed by atoms with Gasteiger partial charge in [0.1, 0.15) is 0 Å². The Labute approximate surface area is 346 Å². The molecule has 60 heavy (non-hydrogen) atoms. The fraction of sp³-hybridized carbons (Fsp3) is 0. The van der Waals surface area contributed by atoms with Crippen LogP contribution in [-0.4, -0.2) is 24.1 Å². The highest BCUT2D eigenvalue weighted by molar-refractivity contribution is 6.18. The van der Waals surface area contributed by atoms with Gasteiger partial charge in [0.25, 0.3) is 0 Å². The Morgan fingerprint density at radius 3 is 1.60 bits per heavy atom. The third kappa shape index (κ3) is 5.37. The molecule has 0 aliphatic carbocycles. The van der Waals surface area contributed by atoms with E-state index in [4.69, 9.17) is 15.0 Å². The molecule has 0 atom stereocenters. The minimum atomic E-state index is 0.626. The van der Waals surface area contributed by atoms with Crippen LogP contribution < -0.4 is 0 Å². The molecule has 0 fully saturated rings. The highest BCUT2D eigenvalue weighted by atomic mass is 15.1. The predicted molar refractivity (Wildman–Crippen MR) is 248 cm³/mol. The van der Waals surface area contributed by atoms with Gasteiger partial charge in [0, 0.05) is 43.9 Å². The first kappa shape index (κ1) is 33.9. The van der Waals surface area contributed by atoms with Crippen LogP contribution in [0.2, 0.25) is 0 Å². The normalized spacial score (nSPS) is 11.7. The topological polar surface area (TPSA) is 48.5 Å². The largest absolute Gasteiger partial charge is 0.307 e. The van der Waals surface area contributed by atoms with Crippen molar-refractivity contribution in [2.45, 2.75) is 0 Å². The summed E-state index contributed by atoms with van der Waals surface area (Å²) in [4.78, 5) is 15.6. The first-order chi connectivity index (χ1) is 29.8. The van der Waals surface area contributed by atoms with Gasteiger partial charge in [0.2, 0.25) is 0 Å². The van der Waals surface area contributed by atoms with Gasteiger partial charge in [0.05, 0.1) is 27.8 Å². The van der Waals surface area contributed by atoms with Crippen LogP contribution in [0.25, 0.3) is 111 Å². The third-order valence-corrected chi connectivity index (χ3v) is 11.8. The van der Waals surface area contributed by atoms with Crippen molar-refractivity contribution in [1.82, 2.24) is 24.1 Å². The number of hydrogen-bond donors (Lipinski definition) is 0. The molecule has 5 heteroatoms. The van der Waals surface area contributed by atoms with Crippen molar-refractivity contribution >= 4 is 54.4 Å². The Kier molecular flexibility index (Phi) is 7.78. The molecule has 0 amide bonds. The Morgan fingerprint density at radius 2 is 0.817 bits per heavy atom. The summed E-state index contributed by atoms with van der Waals surface area (Å²) in [5.74, 6) is 1.88. The number of aromatic nitrogens is 5. The molecule has 3 aromatic heterocycles. The second kappa shape index (κ2) is 13.8. The van der Waals surface area contributed by atoms with Crippen LogP contribution in [0.1, 0.15) is 0 Å². The monoisotopic (exact) mass is 765 g/mol. The average molecular weight is 766 g/mol. The highest BCUT2D eigenvalue weighted by Crippen LogP contribution is 2.42. The lowest BCUT2D eigenvalue weighted by molar-refractivity contribution is 1.08. The molecule has 12 rings (SSSR count). The standard InChI is InChI=1S/C55H35N5/c1-3-17-38(18-4-1)53-56-54(39-34-32-37(33-35-39)42-25-13-19-36-16-7-8-22-41(36)42)58-55(57-53)46-27-15-30-49-51(46)45-24-10-12-29-48(45)60(49)50-31-14-26-44-43-23-9-11-28-47(43)59(52(44)50)40-20-5-2-6-21-40/h1-35H. The Morgan fingerprint density at radius 1 is 0.300 bits per heavy atom. The molecule has 280 valence electrons. The number of hydrogen-bond acceptors (Lipinski definition) is 3. The molecule has 5 nitrogen and oxygen atoms in total. The molecular formula is C55H35N5. The van der Waals surface area contributed by atoms with Crippen LogP contribution in [0.5, 0.6) is 0 Å². The van der Waals surface area contributed by atoms with E-state index in [1.54, 1.807) is 0 Å². The van der Waals surface area contributed by atoms with Gasteiger partial charge >= 0.3 is 0 Å². The van der Waals surface area contributed by atoms with Crippen LogP contribution in [0.15, 0.2) is 212 Å². The predicted octanol–water partition coefficient (Wildman–Crippen LogP) is 13.9. The second-order valence-electron chi connectivity index (χ2n) is 15.2. The van der Waals surface area contributed by atoms with Crippen molar-refractivity contribution < 1.29 is 0 Å². The summed E-state index contributed by atoms with van der Waals surface area (Å²) in [7, 11) is 0. The lowest BCUT2D eigenvalue weighted by Gasteiger charge is -2.14. The maximum absolute atomic E-state index is 5.29. The van der Waals surface area contributed by atoms with E-state index in [-0.39, 0.29) is 0 Å². The van der Waals surface area contributed by atoms with Crippen molar-refractivity contribution in [3.8, 4) is 56.7 Å². The summed E-state index contributed by atoms with van der Waals surface area (Å²) in [5.41, 5.74) is 11.9. The van der Waals surface area contributed by atoms with Gasteiger partial charge < -0.3 is 9.13 Å². The molecular weight excluding hydrogens is 731 g/mol. The molecule has 0 spiro atoms. The summed E-state index contributed by atoms with van der Waals surface area (Å²) < 4.78 is 4.82. The van der Waals surface area contributed by atoms with Crippen molar-refractivity contribution in [3.05, 3.63) is 212 Å². The van der Waals surface area contributed by atoms with E-state index in [0.717, 1.165) is 61.0 Å². The van der Waals surface area contributed by atoms with Gasteiger partial charge in [-0.1, -0.05) is 176 Å². The summed E-state index contributed by atoms with van der Waals surface area (Å²) in [6.07, 6.45) is 0. The minimum absolute atomic E-state index is 0.626. The highest BCUT2D eigenvalue weighted by Gasteiger charge is 2.23. The van der Waals surface area contributed by atoms with Crippen LogP contribution >= 0.6 is 0 Å². The summed E-state index contributed by atoms with van der Waals surface area (Å²) in [6, 6.07) is 75.0. The van der Waals surface area contributed by atoms with Crippen molar-refractivity contribution in [2.24, 2.45) is 0 Å². The van der Waals surface area contributed by atoms with E-state index in [0.29, 0.717) is 17.5 Å². The number of rotatable bonds is 6. The number of nitrogens with zero attached hydrogens (tertiary/aromatic N) is 5. The van der Waals surface area contributed by atoms with Gasteiger partial charge in [-0.3, -0.25) is 0 Å². The molecule has 0 N–H and O–H groups in total.